The number of hydrogen-bond acceptors (Lipinski definition) is 4. The largest absolute Gasteiger partial charge is 0.416 e. The third-order valence-corrected chi connectivity index (χ3v) is 5.51. The van der Waals surface area contributed by atoms with Gasteiger partial charge in [-0.3, -0.25) is 9.59 Å². The Morgan fingerprint density at radius 2 is 1.74 bits per heavy atom. The molecule has 1 amide bonds. The van der Waals surface area contributed by atoms with Gasteiger partial charge < -0.3 is 11.1 Å². The Morgan fingerprint density at radius 1 is 0.971 bits per heavy atom. The monoisotopic (exact) mass is 463 g/mol. The molecule has 172 valence electrons. The van der Waals surface area contributed by atoms with E-state index in [0.29, 0.717) is 27.8 Å². The molecule has 4 aromatic rings. The number of halogens is 3. The number of carbonyl (C=O) groups is 2. The van der Waals surface area contributed by atoms with Gasteiger partial charge in [-0.1, -0.05) is 42.5 Å². The van der Waals surface area contributed by atoms with Crippen LogP contribution in [0.2, 0.25) is 0 Å². The average molecular weight is 463 g/mol. The van der Waals surface area contributed by atoms with E-state index in [1.807, 2.05) is 0 Å². The number of amides is 1. The van der Waals surface area contributed by atoms with E-state index in [-0.39, 0.29) is 29.2 Å². The number of nitrogen functional groups attached to an aromatic ring is 1. The van der Waals surface area contributed by atoms with Gasteiger partial charge in [-0.05, 0) is 47.7 Å². The Hall–Kier alpha value is -4.20. The molecule has 3 aromatic carbocycles. The van der Waals surface area contributed by atoms with Crippen LogP contribution in [0, 0.1) is 6.92 Å². The molecule has 0 saturated heterocycles. The highest BCUT2D eigenvalue weighted by Crippen LogP contribution is 2.30. The molecule has 0 saturated carbocycles. The van der Waals surface area contributed by atoms with Crippen LogP contribution in [0.1, 0.15) is 37.4 Å². The molecule has 0 aliphatic carbocycles. The van der Waals surface area contributed by atoms with Crippen LogP contribution in [0.5, 0.6) is 0 Å². The second-order valence-electron chi connectivity index (χ2n) is 7.88. The number of hydrogen-bond donors (Lipinski definition) is 2. The minimum absolute atomic E-state index is 0.198. The first-order valence-corrected chi connectivity index (χ1v) is 10.4. The maximum absolute atomic E-state index is 13.0. The Labute approximate surface area is 193 Å². The normalized spacial score (nSPS) is 11.4. The zero-order chi connectivity index (χ0) is 24.5. The standard InChI is InChI=1S/C26H20F3N3O2/c1-15-8-9-17(23(33)13-16-4-2-5-18(12-16)26(27,28)29)14-22(15)32-25(34)21-7-3-6-20-19(21)10-11-31-24(20)30/h2-12,14H,13H2,1H3,(H2,30,31)(H,32,34). The third-order valence-electron chi connectivity index (χ3n) is 5.51. The van der Waals surface area contributed by atoms with Crippen LogP contribution in [0.3, 0.4) is 0 Å². The number of fused-ring (bicyclic) bond motifs is 1. The maximum atomic E-state index is 13.0. The second-order valence-corrected chi connectivity index (χ2v) is 7.88. The van der Waals surface area contributed by atoms with E-state index in [0.717, 1.165) is 17.7 Å². The van der Waals surface area contributed by atoms with Gasteiger partial charge in [0.1, 0.15) is 5.82 Å². The summed E-state index contributed by atoms with van der Waals surface area (Å²) in [7, 11) is 0. The number of rotatable bonds is 5. The number of nitrogens with two attached hydrogens (primary N) is 1. The molecular formula is C26H20F3N3O2. The summed E-state index contributed by atoms with van der Waals surface area (Å²) in [5, 5.41) is 4.12. The van der Waals surface area contributed by atoms with E-state index < -0.39 is 11.7 Å². The van der Waals surface area contributed by atoms with Crippen molar-refractivity contribution >= 4 is 34.0 Å². The highest BCUT2D eigenvalue weighted by molar-refractivity contribution is 6.14. The van der Waals surface area contributed by atoms with Gasteiger partial charge in [0.15, 0.2) is 5.78 Å². The van der Waals surface area contributed by atoms with E-state index in [1.54, 1.807) is 43.3 Å². The lowest BCUT2D eigenvalue weighted by Crippen LogP contribution is -2.14. The van der Waals surface area contributed by atoms with Crippen molar-refractivity contribution in [1.29, 1.82) is 0 Å². The van der Waals surface area contributed by atoms with Gasteiger partial charge >= 0.3 is 6.18 Å². The molecule has 0 aliphatic rings. The summed E-state index contributed by atoms with van der Waals surface area (Å²) >= 11 is 0. The van der Waals surface area contributed by atoms with Gasteiger partial charge in [-0.15, -0.1) is 0 Å². The van der Waals surface area contributed by atoms with Gasteiger partial charge in [-0.2, -0.15) is 13.2 Å². The van der Waals surface area contributed by atoms with Gasteiger partial charge in [0, 0.05) is 34.8 Å². The zero-order valence-electron chi connectivity index (χ0n) is 18.1. The summed E-state index contributed by atoms with van der Waals surface area (Å²) < 4.78 is 38.9. The van der Waals surface area contributed by atoms with Crippen molar-refractivity contribution in [1.82, 2.24) is 4.98 Å². The van der Waals surface area contributed by atoms with Crippen molar-refractivity contribution in [3.05, 3.63) is 101 Å². The molecule has 1 aromatic heterocycles. The van der Waals surface area contributed by atoms with Crippen LogP contribution >= 0.6 is 0 Å². The van der Waals surface area contributed by atoms with Crippen molar-refractivity contribution < 1.29 is 22.8 Å². The Balaban J connectivity index is 1.58. The number of aromatic nitrogens is 1. The number of alkyl halides is 3. The van der Waals surface area contributed by atoms with E-state index >= 15 is 0 Å². The van der Waals surface area contributed by atoms with Crippen molar-refractivity contribution in [3.63, 3.8) is 0 Å². The highest BCUT2D eigenvalue weighted by atomic mass is 19.4. The second kappa shape index (κ2) is 8.97. The van der Waals surface area contributed by atoms with Gasteiger partial charge in [-0.25, -0.2) is 4.98 Å². The molecule has 4 rings (SSSR count). The lowest BCUT2D eigenvalue weighted by molar-refractivity contribution is -0.137. The zero-order valence-corrected chi connectivity index (χ0v) is 18.1. The molecule has 0 radical (unpaired) electrons. The number of nitrogens with zero attached hydrogens (tertiary/aromatic N) is 1. The summed E-state index contributed by atoms with van der Waals surface area (Å²) in [6, 6.07) is 16.3. The predicted octanol–water partition coefficient (Wildman–Crippen LogP) is 5.82. The summed E-state index contributed by atoms with van der Waals surface area (Å²) in [6.45, 7) is 1.78. The van der Waals surface area contributed by atoms with Crippen LogP contribution in [-0.4, -0.2) is 16.7 Å². The maximum Gasteiger partial charge on any atom is 0.416 e. The number of nitrogens with one attached hydrogen (secondary N) is 1. The summed E-state index contributed by atoms with van der Waals surface area (Å²) in [4.78, 5) is 29.9. The number of pyridine rings is 1. The first-order valence-electron chi connectivity index (χ1n) is 10.4. The van der Waals surface area contributed by atoms with Crippen LogP contribution in [0.4, 0.5) is 24.7 Å². The first kappa shape index (κ1) is 23.0. The summed E-state index contributed by atoms with van der Waals surface area (Å²) in [5.41, 5.74) is 7.20. The fourth-order valence-electron chi connectivity index (χ4n) is 3.69. The van der Waals surface area contributed by atoms with E-state index in [1.165, 1.54) is 24.4 Å². The number of Topliss-reactive ketones (excluding diaryl/α,β-unsaturated/α-hetero) is 1. The fraction of sp³-hybridized carbons (Fsp3) is 0.115. The number of aryl methyl sites for hydroxylation is 1. The van der Waals surface area contributed by atoms with Gasteiger partial charge in [0.25, 0.3) is 5.91 Å². The lowest BCUT2D eigenvalue weighted by Gasteiger charge is -2.13. The first-order chi connectivity index (χ1) is 16.1. The van der Waals surface area contributed by atoms with E-state index in [4.69, 9.17) is 5.73 Å². The minimum atomic E-state index is -4.48. The summed E-state index contributed by atoms with van der Waals surface area (Å²) in [6.07, 6.45) is -3.16. The smallest absolute Gasteiger partial charge is 0.383 e. The molecule has 8 heteroatoms. The van der Waals surface area contributed by atoms with Crippen molar-refractivity contribution in [3.8, 4) is 0 Å². The third kappa shape index (κ3) is 4.76. The van der Waals surface area contributed by atoms with Gasteiger partial charge in [0.2, 0.25) is 0 Å². The molecule has 0 fully saturated rings. The number of carbonyl (C=O) groups excluding carboxylic acids is 2. The lowest BCUT2D eigenvalue weighted by atomic mass is 9.99. The summed E-state index contributed by atoms with van der Waals surface area (Å²) in [5.74, 6) is -0.439. The molecular weight excluding hydrogens is 443 g/mol. The van der Waals surface area contributed by atoms with Crippen molar-refractivity contribution in [2.75, 3.05) is 11.1 Å². The Kier molecular flexibility index (Phi) is 6.06. The quantitative estimate of drug-likeness (QED) is 0.365. The number of ketones is 1. The van der Waals surface area contributed by atoms with Crippen molar-refractivity contribution in [2.45, 2.75) is 19.5 Å². The fourth-order valence-corrected chi connectivity index (χ4v) is 3.69. The molecule has 1 heterocycles. The molecule has 0 aliphatic heterocycles. The molecule has 5 nitrogen and oxygen atoms in total. The molecule has 0 spiro atoms. The van der Waals surface area contributed by atoms with Crippen molar-refractivity contribution in [2.24, 2.45) is 0 Å². The molecule has 0 atom stereocenters. The molecule has 0 bridgehead atoms. The Bertz CT molecular complexity index is 1410. The average Bonchev–Trinajstić information content (AvgIpc) is 2.80. The molecule has 3 N–H and O–H groups in total. The topological polar surface area (TPSA) is 85.1 Å². The SMILES string of the molecule is Cc1ccc(C(=O)Cc2cccc(C(F)(F)F)c2)cc1NC(=O)c1cccc2c(N)nccc12. The minimum Gasteiger partial charge on any atom is -0.383 e. The van der Waals surface area contributed by atoms with E-state index in [2.05, 4.69) is 10.3 Å². The molecule has 0 unspecified atom stereocenters. The van der Waals surface area contributed by atoms with Crippen LogP contribution in [0.25, 0.3) is 10.8 Å². The number of benzene rings is 3. The van der Waals surface area contributed by atoms with Crippen LogP contribution in [-0.2, 0) is 12.6 Å². The Morgan fingerprint density at radius 3 is 2.50 bits per heavy atom. The van der Waals surface area contributed by atoms with Crippen LogP contribution in [0.15, 0.2) is 72.9 Å². The van der Waals surface area contributed by atoms with Gasteiger partial charge in [0.05, 0.1) is 5.56 Å². The highest BCUT2D eigenvalue weighted by Gasteiger charge is 2.30. The predicted molar refractivity (Wildman–Crippen MR) is 125 cm³/mol. The number of anilines is 2. The van der Waals surface area contributed by atoms with E-state index in [9.17, 15) is 22.8 Å². The molecule has 34 heavy (non-hydrogen) atoms. The van der Waals surface area contributed by atoms with Crippen LogP contribution < -0.4 is 11.1 Å².